The van der Waals surface area contributed by atoms with Crippen molar-refractivity contribution in [2.75, 3.05) is 33.7 Å². The average Bonchev–Trinajstić information content (AvgIpc) is 2.37. The van der Waals surface area contributed by atoms with E-state index >= 15 is 0 Å². The van der Waals surface area contributed by atoms with E-state index in [9.17, 15) is 4.79 Å². The molecule has 0 aromatic rings. The maximum atomic E-state index is 10.3. The molecule has 0 saturated carbocycles. The fourth-order valence-electron chi connectivity index (χ4n) is 0.446. The molecule has 0 unspecified atom stereocenters. The van der Waals surface area contributed by atoms with Crippen LogP contribution < -0.4 is 0 Å². The Morgan fingerprint density at radius 3 is 1.18 bits per heavy atom. The molecule has 0 radical (unpaired) electrons. The van der Waals surface area contributed by atoms with Crippen molar-refractivity contribution in [1.29, 1.82) is 0 Å². The number of unbranched alkanes of at least 4 members (excludes halogenated alkanes) is 1. The van der Waals surface area contributed by atoms with Gasteiger partial charge in [-0.2, -0.15) is 0 Å². The van der Waals surface area contributed by atoms with Gasteiger partial charge in [0.15, 0.2) is 0 Å². The van der Waals surface area contributed by atoms with Crippen LogP contribution in [-0.2, 0) is 4.79 Å². The van der Waals surface area contributed by atoms with Crippen LogP contribution in [0.25, 0.3) is 0 Å². The summed E-state index contributed by atoms with van der Waals surface area (Å²) in [5, 5.41) is 0. The fourth-order valence-corrected chi connectivity index (χ4v) is 0.446. The van der Waals surface area contributed by atoms with E-state index in [1.807, 2.05) is 6.92 Å². The molecule has 0 heterocycles. The van der Waals surface area contributed by atoms with Gasteiger partial charge in [-0.25, -0.2) is 0 Å². The first-order valence-electron chi connectivity index (χ1n) is 6.81. The molecule has 0 spiro atoms. The van der Waals surface area contributed by atoms with Crippen molar-refractivity contribution in [2.45, 2.75) is 54.4 Å². The van der Waals surface area contributed by atoms with E-state index in [0.717, 1.165) is 19.6 Å². The Balaban J connectivity index is -0.000000180. The average molecular weight is 246 g/mol. The zero-order valence-electron chi connectivity index (χ0n) is 13.3. The summed E-state index contributed by atoms with van der Waals surface area (Å²) in [6.45, 7) is 15.3. The molecule has 0 fully saturated rings. The zero-order valence-corrected chi connectivity index (χ0v) is 13.3. The quantitative estimate of drug-likeness (QED) is 0.760. The number of nitrogens with zero attached hydrogens (tertiary/aromatic N) is 2. The Labute approximate surface area is 109 Å². The first kappa shape index (κ1) is 21.7. The van der Waals surface area contributed by atoms with Crippen LogP contribution in [0.5, 0.6) is 0 Å². The summed E-state index contributed by atoms with van der Waals surface area (Å²) in [4.78, 5) is 14.2. The standard InChI is InChI=1S/C5H11NO.C5H13N.C4H10/c1-4-6(3)5(2)7;1-4-6(3)5-2;1-3-4-2/h4H2,1-3H3;4-5H2,1-3H3;3-4H2,1-2H3. The van der Waals surface area contributed by atoms with Crippen LogP contribution in [0.2, 0.25) is 0 Å². The molecule has 0 aliphatic rings. The van der Waals surface area contributed by atoms with E-state index in [-0.39, 0.29) is 5.91 Å². The molecule has 106 valence electrons. The predicted molar refractivity (Wildman–Crippen MR) is 78.4 cm³/mol. The van der Waals surface area contributed by atoms with E-state index in [4.69, 9.17) is 0 Å². The minimum Gasteiger partial charge on any atom is -0.346 e. The van der Waals surface area contributed by atoms with Crippen LogP contribution in [0.4, 0.5) is 0 Å². The second kappa shape index (κ2) is 17.8. The summed E-state index contributed by atoms with van der Waals surface area (Å²) < 4.78 is 0. The molecule has 0 saturated heterocycles. The number of amides is 1. The molecule has 0 aliphatic heterocycles. The van der Waals surface area contributed by atoms with Gasteiger partial charge in [-0.3, -0.25) is 4.79 Å². The molecule has 0 aliphatic carbocycles. The van der Waals surface area contributed by atoms with Crippen LogP contribution in [0.3, 0.4) is 0 Å². The maximum Gasteiger partial charge on any atom is 0.219 e. The second-order valence-corrected chi connectivity index (χ2v) is 4.02. The number of hydrogen-bond donors (Lipinski definition) is 0. The number of hydrogen-bond acceptors (Lipinski definition) is 2. The van der Waals surface area contributed by atoms with Crippen molar-refractivity contribution in [1.82, 2.24) is 9.80 Å². The molecule has 17 heavy (non-hydrogen) atoms. The van der Waals surface area contributed by atoms with Gasteiger partial charge in [-0.1, -0.05) is 40.5 Å². The summed E-state index contributed by atoms with van der Waals surface area (Å²) in [7, 11) is 3.89. The van der Waals surface area contributed by atoms with E-state index in [1.54, 1.807) is 18.9 Å². The lowest BCUT2D eigenvalue weighted by Gasteiger charge is -2.09. The summed E-state index contributed by atoms with van der Waals surface area (Å²) >= 11 is 0. The van der Waals surface area contributed by atoms with Gasteiger partial charge in [0, 0.05) is 20.5 Å². The van der Waals surface area contributed by atoms with E-state index in [0.29, 0.717) is 0 Å². The van der Waals surface area contributed by atoms with Crippen molar-refractivity contribution in [3.05, 3.63) is 0 Å². The van der Waals surface area contributed by atoms with Crippen molar-refractivity contribution >= 4 is 5.91 Å². The number of carbonyl (C=O) groups excluding carboxylic acids is 1. The number of carbonyl (C=O) groups is 1. The van der Waals surface area contributed by atoms with Gasteiger partial charge in [0.1, 0.15) is 0 Å². The summed E-state index contributed by atoms with van der Waals surface area (Å²) in [5.74, 6) is 0.127. The highest BCUT2D eigenvalue weighted by Crippen LogP contribution is 1.78. The molecule has 0 aromatic heterocycles. The molecular formula is C14H34N2O. The minimum atomic E-state index is 0.127. The lowest BCUT2D eigenvalue weighted by atomic mass is 10.4. The van der Waals surface area contributed by atoms with Gasteiger partial charge in [-0.05, 0) is 27.1 Å². The van der Waals surface area contributed by atoms with Crippen molar-refractivity contribution in [3.63, 3.8) is 0 Å². The molecular weight excluding hydrogens is 212 g/mol. The van der Waals surface area contributed by atoms with E-state index in [1.165, 1.54) is 12.8 Å². The van der Waals surface area contributed by atoms with Crippen LogP contribution in [-0.4, -0.2) is 49.4 Å². The molecule has 3 heteroatoms. The third kappa shape index (κ3) is 25.6. The highest BCUT2D eigenvalue weighted by Gasteiger charge is 1.93. The first-order chi connectivity index (χ1) is 7.90. The van der Waals surface area contributed by atoms with Crippen LogP contribution in [0.15, 0.2) is 0 Å². The smallest absolute Gasteiger partial charge is 0.219 e. The molecule has 0 N–H and O–H groups in total. The van der Waals surface area contributed by atoms with Gasteiger partial charge >= 0.3 is 0 Å². The van der Waals surface area contributed by atoms with Gasteiger partial charge in [-0.15, -0.1) is 0 Å². The topological polar surface area (TPSA) is 23.6 Å². The minimum absolute atomic E-state index is 0.127. The SMILES string of the molecule is CCCC.CCN(C)C(C)=O.CCN(C)CC. The summed E-state index contributed by atoms with van der Waals surface area (Å²) in [6.07, 6.45) is 2.64. The molecule has 0 rings (SSSR count). The molecule has 0 atom stereocenters. The van der Waals surface area contributed by atoms with Gasteiger partial charge < -0.3 is 9.80 Å². The number of rotatable bonds is 4. The maximum absolute atomic E-state index is 10.3. The zero-order chi connectivity index (χ0) is 14.3. The molecule has 3 nitrogen and oxygen atoms in total. The van der Waals surface area contributed by atoms with E-state index < -0.39 is 0 Å². The van der Waals surface area contributed by atoms with Gasteiger partial charge in [0.2, 0.25) is 5.91 Å². The van der Waals surface area contributed by atoms with Gasteiger partial charge in [0.05, 0.1) is 0 Å². The highest BCUT2D eigenvalue weighted by molar-refractivity contribution is 5.72. The summed E-state index contributed by atoms with van der Waals surface area (Å²) in [5.41, 5.74) is 0. The van der Waals surface area contributed by atoms with Crippen molar-refractivity contribution in [2.24, 2.45) is 0 Å². The Bertz CT molecular complexity index is 143. The lowest BCUT2D eigenvalue weighted by Crippen LogP contribution is -2.22. The van der Waals surface area contributed by atoms with Gasteiger partial charge in [0.25, 0.3) is 0 Å². The third-order valence-electron chi connectivity index (χ3n) is 2.59. The van der Waals surface area contributed by atoms with Crippen LogP contribution >= 0.6 is 0 Å². The summed E-state index contributed by atoms with van der Waals surface area (Å²) in [6, 6.07) is 0. The molecule has 0 aromatic carbocycles. The monoisotopic (exact) mass is 246 g/mol. The van der Waals surface area contributed by atoms with Crippen LogP contribution in [0.1, 0.15) is 54.4 Å². The third-order valence-corrected chi connectivity index (χ3v) is 2.59. The Hall–Kier alpha value is -0.570. The predicted octanol–water partition coefficient (Wildman–Crippen LogP) is 3.25. The second-order valence-electron chi connectivity index (χ2n) is 4.02. The Morgan fingerprint density at radius 1 is 0.824 bits per heavy atom. The molecule has 1 amide bonds. The van der Waals surface area contributed by atoms with E-state index in [2.05, 4.69) is 39.6 Å². The molecule has 0 bridgehead atoms. The van der Waals surface area contributed by atoms with Crippen molar-refractivity contribution in [3.8, 4) is 0 Å². The highest BCUT2D eigenvalue weighted by atomic mass is 16.2. The first-order valence-corrected chi connectivity index (χ1v) is 6.81. The Kier molecular flexibility index (Phi) is 22.7. The van der Waals surface area contributed by atoms with Crippen molar-refractivity contribution < 1.29 is 4.79 Å². The van der Waals surface area contributed by atoms with Crippen LogP contribution in [0, 0.1) is 0 Å². The normalized spacial score (nSPS) is 8.76. The Morgan fingerprint density at radius 2 is 1.18 bits per heavy atom. The largest absolute Gasteiger partial charge is 0.346 e. The fraction of sp³-hybridized carbons (Fsp3) is 0.929. The lowest BCUT2D eigenvalue weighted by molar-refractivity contribution is -0.127.